The van der Waals surface area contributed by atoms with Crippen molar-refractivity contribution in [3.8, 4) is 0 Å². The molecule has 1 aliphatic rings. The lowest BCUT2D eigenvalue weighted by Gasteiger charge is -1.62. The van der Waals surface area contributed by atoms with Gasteiger partial charge in [0, 0.05) is 0 Å². The van der Waals surface area contributed by atoms with Gasteiger partial charge in [-0.25, -0.2) is 0 Å². The molecule has 5 heavy (non-hydrogen) atoms. The third-order valence-electron chi connectivity index (χ3n) is 0.640. The van der Waals surface area contributed by atoms with Gasteiger partial charge in [0.05, 0.1) is 10.8 Å². The van der Waals surface area contributed by atoms with Gasteiger partial charge >= 0.3 is 0 Å². The summed E-state index contributed by atoms with van der Waals surface area (Å²) in [4.78, 5) is 0. The van der Waals surface area contributed by atoms with Crippen molar-refractivity contribution in [2.45, 2.75) is 17.2 Å². The SMILES string of the molecule is ClC1CC1Cl. The first-order valence-electron chi connectivity index (χ1n) is 1.59. The van der Waals surface area contributed by atoms with E-state index in [1.165, 1.54) is 0 Å². The van der Waals surface area contributed by atoms with Gasteiger partial charge < -0.3 is 0 Å². The first-order valence-corrected chi connectivity index (χ1v) is 2.46. The van der Waals surface area contributed by atoms with Crippen LogP contribution in [0.3, 0.4) is 0 Å². The molecule has 2 atom stereocenters. The van der Waals surface area contributed by atoms with Gasteiger partial charge in [0.1, 0.15) is 0 Å². The van der Waals surface area contributed by atoms with E-state index in [1.807, 2.05) is 0 Å². The third-order valence-corrected chi connectivity index (χ3v) is 1.73. The molecule has 0 radical (unpaired) electrons. The molecule has 1 aliphatic carbocycles. The predicted octanol–water partition coefficient (Wildman–Crippen LogP) is 1.60. The fourth-order valence-corrected chi connectivity index (χ4v) is 0.612. The van der Waals surface area contributed by atoms with Gasteiger partial charge in [0.15, 0.2) is 0 Å². The summed E-state index contributed by atoms with van der Waals surface area (Å²) >= 11 is 10.8. The molecule has 0 aromatic heterocycles. The molecular formula is C3H4Cl2. The summed E-state index contributed by atoms with van der Waals surface area (Å²) in [5.41, 5.74) is 0. The summed E-state index contributed by atoms with van der Waals surface area (Å²) in [6.45, 7) is 0. The second-order valence-corrected chi connectivity index (χ2v) is 2.39. The topological polar surface area (TPSA) is 0 Å². The molecule has 0 spiro atoms. The lowest BCUT2D eigenvalue weighted by Crippen LogP contribution is -1.63. The lowest BCUT2D eigenvalue weighted by molar-refractivity contribution is 1.50. The van der Waals surface area contributed by atoms with Gasteiger partial charge in [-0.1, -0.05) is 0 Å². The number of halogens is 2. The van der Waals surface area contributed by atoms with Crippen LogP contribution in [0.25, 0.3) is 0 Å². The smallest absolute Gasteiger partial charge is 0.0514 e. The molecule has 0 N–H and O–H groups in total. The fraction of sp³-hybridized carbons (Fsp3) is 1.00. The van der Waals surface area contributed by atoms with Crippen LogP contribution in [0.1, 0.15) is 6.42 Å². The monoisotopic (exact) mass is 110 g/mol. The Kier molecular flexibility index (Phi) is 0.768. The quantitative estimate of drug-likeness (QED) is 0.416. The van der Waals surface area contributed by atoms with Crippen LogP contribution in [-0.2, 0) is 0 Å². The summed E-state index contributed by atoms with van der Waals surface area (Å²) in [7, 11) is 0. The van der Waals surface area contributed by atoms with Gasteiger partial charge in [-0.2, -0.15) is 0 Å². The van der Waals surface area contributed by atoms with E-state index in [1.54, 1.807) is 0 Å². The van der Waals surface area contributed by atoms with E-state index in [0.717, 1.165) is 6.42 Å². The highest BCUT2D eigenvalue weighted by atomic mass is 35.5. The summed E-state index contributed by atoms with van der Waals surface area (Å²) in [5.74, 6) is 0. The molecular weight excluding hydrogens is 107 g/mol. The van der Waals surface area contributed by atoms with Crippen molar-refractivity contribution >= 4 is 23.2 Å². The van der Waals surface area contributed by atoms with E-state index in [0.29, 0.717) is 0 Å². The van der Waals surface area contributed by atoms with Gasteiger partial charge in [-0.05, 0) is 6.42 Å². The predicted molar refractivity (Wildman–Crippen MR) is 23.9 cm³/mol. The maximum atomic E-state index is 5.40. The van der Waals surface area contributed by atoms with Crippen LogP contribution in [0.5, 0.6) is 0 Å². The average Bonchev–Trinajstić information content (AvgIpc) is 1.79. The first-order chi connectivity index (χ1) is 2.30. The molecule has 0 heterocycles. The van der Waals surface area contributed by atoms with Crippen LogP contribution >= 0.6 is 23.2 Å². The molecule has 0 aromatic rings. The van der Waals surface area contributed by atoms with Crippen molar-refractivity contribution in [3.05, 3.63) is 0 Å². The normalized spacial score (nSPS) is 49.2. The molecule has 2 unspecified atom stereocenters. The van der Waals surface area contributed by atoms with E-state index in [9.17, 15) is 0 Å². The molecule has 1 saturated carbocycles. The van der Waals surface area contributed by atoms with Crippen LogP contribution < -0.4 is 0 Å². The number of hydrogen-bond acceptors (Lipinski definition) is 0. The largest absolute Gasteiger partial charge is 0.121 e. The second kappa shape index (κ2) is 1.02. The molecule has 0 amide bonds. The molecule has 1 fully saturated rings. The van der Waals surface area contributed by atoms with Crippen molar-refractivity contribution in [1.29, 1.82) is 0 Å². The third kappa shape index (κ3) is 0.704. The molecule has 0 aromatic carbocycles. The van der Waals surface area contributed by atoms with E-state index in [4.69, 9.17) is 23.2 Å². The maximum absolute atomic E-state index is 5.40. The molecule has 30 valence electrons. The molecule has 0 bridgehead atoms. The Labute approximate surface area is 41.1 Å². The van der Waals surface area contributed by atoms with Crippen LogP contribution in [0.2, 0.25) is 0 Å². The minimum Gasteiger partial charge on any atom is -0.121 e. The van der Waals surface area contributed by atoms with Crippen LogP contribution in [-0.4, -0.2) is 10.8 Å². The van der Waals surface area contributed by atoms with E-state index < -0.39 is 0 Å². The molecule has 0 aliphatic heterocycles. The van der Waals surface area contributed by atoms with Crippen molar-refractivity contribution < 1.29 is 0 Å². The maximum Gasteiger partial charge on any atom is 0.0514 e. The van der Waals surface area contributed by atoms with Crippen molar-refractivity contribution in [1.82, 2.24) is 0 Å². The van der Waals surface area contributed by atoms with Crippen LogP contribution in [0.15, 0.2) is 0 Å². The highest BCUT2D eigenvalue weighted by molar-refractivity contribution is 6.34. The van der Waals surface area contributed by atoms with Crippen molar-refractivity contribution in [2.24, 2.45) is 0 Å². The highest BCUT2D eigenvalue weighted by Gasteiger charge is 2.32. The van der Waals surface area contributed by atoms with E-state index >= 15 is 0 Å². The number of hydrogen-bond donors (Lipinski definition) is 0. The minimum absolute atomic E-state index is 0.289. The highest BCUT2D eigenvalue weighted by Crippen LogP contribution is 2.33. The summed E-state index contributed by atoms with van der Waals surface area (Å²) in [6.07, 6.45) is 1.00. The Bertz CT molecular complexity index is 38.2. The zero-order valence-electron chi connectivity index (χ0n) is 2.62. The molecule has 1 rings (SSSR count). The molecule has 0 nitrogen and oxygen atoms in total. The first kappa shape index (κ1) is 3.76. The minimum atomic E-state index is 0.289. The zero-order valence-corrected chi connectivity index (χ0v) is 4.13. The zero-order chi connectivity index (χ0) is 3.86. The summed E-state index contributed by atoms with van der Waals surface area (Å²) < 4.78 is 0. The standard InChI is InChI=1S/C3H4Cl2/c4-2-1-3(2)5/h2-3H,1H2. The molecule has 2 heteroatoms. The van der Waals surface area contributed by atoms with Crippen molar-refractivity contribution in [2.75, 3.05) is 0 Å². The van der Waals surface area contributed by atoms with Gasteiger partial charge in [-0.3, -0.25) is 0 Å². The fourth-order valence-electron chi connectivity index (χ4n) is 0.137. The van der Waals surface area contributed by atoms with Gasteiger partial charge in [0.25, 0.3) is 0 Å². The van der Waals surface area contributed by atoms with E-state index in [-0.39, 0.29) is 10.8 Å². The number of alkyl halides is 2. The number of rotatable bonds is 0. The second-order valence-electron chi connectivity index (χ2n) is 1.27. The van der Waals surface area contributed by atoms with E-state index in [2.05, 4.69) is 0 Å². The van der Waals surface area contributed by atoms with Crippen LogP contribution in [0.4, 0.5) is 0 Å². The summed E-state index contributed by atoms with van der Waals surface area (Å²) in [6, 6.07) is 0. The van der Waals surface area contributed by atoms with Gasteiger partial charge in [-0.15, -0.1) is 23.2 Å². The average molecular weight is 111 g/mol. The van der Waals surface area contributed by atoms with Crippen LogP contribution in [0, 0.1) is 0 Å². The Morgan fingerprint density at radius 2 is 1.40 bits per heavy atom. The summed E-state index contributed by atoms with van der Waals surface area (Å²) in [5, 5.41) is 0.577. The Hall–Kier alpha value is 0.580. The lowest BCUT2D eigenvalue weighted by atomic mass is 11.0. The van der Waals surface area contributed by atoms with Crippen molar-refractivity contribution in [3.63, 3.8) is 0 Å². The Morgan fingerprint density at radius 3 is 1.40 bits per heavy atom. The Morgan fingerprint density at radius 1 is 1.20 bits per heavy atom. The molecule has 0 saturated heterocycles. The Balaban J connectivity index is 2.20. The van der Waals surface area contributed by atoms with Gasteiger partial charge in [0.2, 0.25) is 0 Å².